The molecule has 0 fully saturated rings. The van der Waals surface area contributed by atoms with Crippen LogP contribution in [0.1, 0.15) is 18.3 Å². The first-order valence-electron chi connectivity index (χ1n) is 5.93. The molecule has 0 aliphatic carbocycles. The minimum absolute atomic E-state index is 0.732. The van der Waals surface area contributed by atoms with E-state index >= 15 is 0 Å². The summed E-state index contributed by atoms with van der Waals surface area (Å²) in [5.41, 5.74) is 3.25. The quantitative estimate of drug-likeness (QED) is 0.700. The smallest absolute Gasteiger partial charge is 0.0739 e. The van der Waals surface area contributed by atoms with Gasteiger partial charge in [-0.3, -0.25) is 4.68 Å². The minimum atomic E-state index is 0.732. The number of hydrogen-bond donors (Lipinski definition) is 1. The summed E-state index contributed by atoms with van der Waals surface area (Å²) in [4.78, 5) is 0. The van der Waals surface area contributed by atoms with Gasteiger partial charge in [-0.1, -0.05) is 15.9 Å². The standard InChI is InChI=1S/C13H14Br3N3/c1-3-19-12(13(16)8(2)18-19)7-17-11-5-4-9(14)6-10(11)15/h4-6,17H,3,7H2,1-2H3. The van der Waals surface area contributed by atoms with Crippen LogP contribution in [-0.2, 0) is 13.1 Å². The second kappa shape index (κ2) is 6.41. The lowest BCUT2D eigenvalue weighted by atomic mass is 10.3. The third-order valence-electron chi connectivity index (χ3n) is 2.83. The molecule has 1 aromatic heterocycles. The summed E-state index contributed by atoms with van der Waals surface area (Å²) in [7, 11) is 0. The normalized spacial score (nSPS) is 10.8. The Hall–Kier alpha value is -0.330. The van der Waals surface area contributed by atoms with E-state index in [1.807, 2.05) is 29.8 Å². The van der Waals surface area contributed by atoms with E-state index in [0.717, 1.165) is 43.6 Å². The maximum atomic E-state index is 4.49. The van der Waals surface area contributed by atoms with Gasteiger partial charge in [0.1, 0.15) is 0 Å². The molecule has 0 atom stereocenters. The molecule has 0 aliphatic rings. The van der Waals surface area contributed by atoms with Gasteiger partial charge in [0.25, 0.3) is 0 Å². The van der Waals surface area contributed by atoms with Gasteiger partial charge >= 0.3 is 0 Å². The van der Waals surface area contributed by atoms with Gasteiger partial charge in [-0.2, -0.15) is 5.10 Å². The first-order chi connectivity index (χ1) is 9.02. The molecule has 0 amide bonds. The van der Waals surface area contributed by atoms with Gasteiger partial charge in [0.05, 0.1) is 22.4 Å². The lowest BCUT2D eigenvalue weighted by Crippen LogP contribution is -2.08. The zero-order valence-corrected chi connectivity index (χ0v) is 15.4. The molecule has 0 aliphatic heterocycles. The number of nitrogens with one attached hydrogen (secondary N) is 1. The first-order valence-corrected chi connectivity index (χ1v) is 8.31. The second-order valence-corrected chi connectivity index (χ2v) is 6.70. The predicted molar refractivity (Wildman–Crippen MR) is 89.5 cm³/mol. The van der Waals surface area contributed by atoms with Gasteiger partial charge in [0, 0.05) is 21.2 Å². The maximum Gasteiger partial charge on any atom is 0.0739 e. The molecular weight excluding hydrogens is 438 g/mol. The van der Waals surface area contributed by atoms with E-state index in [4.69, 9.17) is 0 Å². The summed E-state index contributed by atoms with van der Waals surface area (Å²) in [5, 5.41) is 7.91. The number of nitrogens with zero attached hydrogens (tertiary/aromatic N) is 2. The Morgan fingerprint density at radius 2 is 2.00 bits per heavy atom. The highest BCUT2D eigenvalue weighted by molar-refractivity contribution is 9.11. The first kappa shape index (κ1) is 15.1. The molecule has 2 aromatic rings. The van der Waals surface area contributed by atoms with Crippen molar-refractivity contribution in [1.29, 1.82) is 0 Å². The molecule has 1 heterocycles. The molecule has 0 bridgehead atoms. The van der Waals surface area contributed by atoms with Crippen molar-refractivity contribution >= 4 is 53.5 Å². The number of aromatic nitrogens is 2. The second-order valence-electron chi connectivity index (χ2n) is 4.14. The predicted octanol–water partition coefficient (Wildman–Crippen LogP) is 5.11. The van der Waals surface area contributed by atoms with Crippen molar-refractivity contribution in [2.45, 2.75) is 26.9 Å². The van der Waals surface area contributed by atoms with Gasteiger partial charge < -0.3 is 5.32 Å². The van der Waals surface area contributed by atoms with Crippen LogP contribution in [0, 0.1) is 6.92 Å². The molecule has 0 unspecified atom stereocenters. The monoisotopic (exact) mass is 449 g/mol. The van der Waals surface area contributed by atoms with Crippen molar-refractivity contribution in [2.24, 2.45) is 0 Å². The molecule has 1 N–H and O–H groups in total. The van der Waals surface area contributed by atoms with Crippen LogP contribution in [0.15, 0.2) is 31.6 Å². The van der Waals surface area contributed by atoms with Crippen LogP contribution in [0.2, 0.25) is 0 Å². The van der Waals surface area contributed by atoms with Crippen molar-refractivity contribution in [1.82, 2.24) is 9.78 Å². The van der Waals surface area contributed by atoms with Gasteiger partial charge in [-0.05, 0) is 63.9 Å². The van der Waals surface area contributed by atoms with Crippen molar-refractivity contribution < 1.29 is 0 Å². The van der Waals surface area contributed by atoms with Gasteiger partial charge in [-0.25, -0.2) is 0 Å². The number of anilines is 1. The fraction of sp³-hybridized carbons (Fsp3) is 0.308. The Morgan fingerprint density at radius 3 is 2.63 bits per heavy atom. The van der Waals surface area contributed by atoms with E-state index in [-0.39, 0.29) is 0 Å². The Labute approximate surface area is 138 Å². The number of halogens is 3. The maximum absolute atomic E-state index is 4.49. The SMILES string of the molecule is CCn1nc(C)c(Br)c1CNc1ccc(Br)cc1Br. The largest absolute Gasteiger partial charge is 0.378 e. The Bertz CT molecular complexity index is 593. The van der Waals surface area contributed by atoms with Crippen LogP contribution < -0.4 is 5.32 Å². The van der Waals surface area contributed by atoms with Crippen molar-refractivity contribution in [3.8, 4) is 0 Å². The summed E-state index contributed by atoms with van der Waals surface area (Å²) >= 11 is 10.6. The van der Waals surface area contributed by atoms with E-state index < -0.39 is 0 Å². The molecule has 0 radical (unpaired) electrons. The van der Waals surface area contributed by atoms with Gasteiger partial charge in [0.2, 0.25) is 0 Å². The van der Waals surface area contributed by atoms with E-state index in [9.17, 15) is 0 Å². The van der Waals surface area contributed by atoms with Gasteiger partial charge in [-0.15, -0.1) is 0 Å². The summed E-state index contributed by atoms with van der Waals surface area (Å²) in [5.74, 6) is 0. The zero-order chi connectivity index (χ0) is 14.0. The summed E-state index contributed by atoms with van der Waals surface area (Å²) in [6.45, 7) is 5.70. The summed E-state index contributed by atoms with van der Waals surface area (Å²) in [6, 6.07) is 6.09. The molecular formula is C13H14Br3N3. The Balaban J connectivity index is 2.18. The fourth-order valence-corrected chi connectivity index (χ4v) is 3.46. The number of aryl methyl sites for hydroxylation is 2. The third-order valence-corrected chi connectivity index (χ3v) is 5.01. The van der Waals surface area contributed by atoms with Crippen LogP contribution >= 0.6 is 47.8 Å². The summed E-state index contributed by atoms with van der Waals surface area (Å²) < 4.78 is 5.19. The van der Waals surface area contributed by atoms with Crippen LogP contribution in [0.3, 0.4) is 0 Å². The molecule has 2 rings (SSSR count). The van der Waals surface area contributed by atoms with E-state index in [0.29, 0.717) is 0 Å². The molecule has 102 valence electrons. The van der Waals surface area contributed by atoms with E-state index in [1.54, 1.807) is 0 Å². The van der Waals surface area contributed by atoms with Crippen molar-refractivity contribution in [3.63, 3.8) is 0 Å². The molecule has 6 heteroatoms. The molecule has 19 heavy (non-hydrogen) atoms. The summed E-state index contributed by atoms with van der Waals surface area (Å²) in [6.07, 6.45) is 0. The average molecular weight is 452 g/mol. The Morgan fingerprint density at radius 1 is 1.26 bits per heavy atom. The average Bonchev–Trinajstić information content (AvgIpc) is 2.65. The molecule has 1 aromatic carbocycles. The molecule has 0 spiro atoms. The number of benzene rings is 1. The topological polar surface area (TPSA) is 29.9 Å². The lowest BCUT2D eigenvalue weighted by molar-refractivity contribution is 0.622. The highest BCUT2D eigenvalue weighted by Crippen LogP contribution is 2.28. The number of rotatable bonds is 4. The zero-order valence-electron chi connectivity index (χ0n) is 10.7. The van der Waals surface area contributed by atoms with Crippen LogP contribution in [0.5, 0.6) is 0 Å². The van der Waals surface area contributed by atoms with Crippen LogP contribution in [0.25, 0.3) is 0 Å². The number of hydrogen-bond acceptors (Lipinski definition) is 2. The third kappa shape index (κ3) is 3.41. The highest BCUT2D eigenvalue weighted by atomic mass is 79.9. The van der Waals surface area contributed by atoms with Crippen molar-refractivity contribution in [2.75, 3.05) is 5.32 Å². The van der Waals surface area contributed by atoms with Crippen molar-refractivity contribution in [3.05, 3.63) is 43.0 Å². The lowest BCUT2D eigenvalue weighted by Gasteiger charge is -2.10. The molecule has 0 saturated carbocycles. The molecule has 0 saturated heterocycles. The van der Waals surface area contributed by atoms with Crippen LogP contribution in [0.4, 0.5) is 5.69 Å². The minimum Gasteiger partial charge on any atom is -0.378 e. The fourth-order valence-electron chi connectivity index (χ4n) is 1.85. The van der Waals surface area contributed by atoms with Gasteiger partial charge in [0.15, 0.2) is 0 Å². The van der Waals surface area contributed by atoms with E-state index in [1.165, 1.54) is 0 Å². The molecule has 3 nitrogen and oxygen atoms in total. The van der Waals surface area contributed by atoms with E-state index in [2.05, 4.69) is 65.1 Å². The highest BCUT2D eigenvalue weighted by Gasteiger charge is 2.12. The Kier molecular flexibility index (Phi) is 5.09. The van der Waals surface area contributed by atoms with Crippen LogP contribution in [-0.4, -0.2) is 9.78 Å².